The van der Waals surface area contributed by atoms with Crippen LogP contribution >= 0.6 is 23.2 Å². The Kier molecular flexibility index (Phi) is 6.21. The second-order valence-electron chi connectivity index (χ2n) is 5.98. The zero-order chi connectivity index (χ0) is 20.3. The molecule has 3 nitrogen and oxygen atoms in total. The highest BCUT2D eigenvalue weighted by molar-refractivity contribution is 6.42. The van der Waals surface area contributed by atoms with Crippen LogP contribution in [0.2, 0.25) is 10.0 Å². The third-order valence-electron chi connectivity index (χ3n) is 3.95. The van der Waals surface area contributed by atoms with E-state index in [9.17, 15) is 18.0 Å². The summed E-state index contributed by atoms with van der Waals surface area (Å²) in [4.78, 5) is 18.4. The summed E-state index contributed by atoms with van der Waals surface area (Å²) in [6, 6.07) is 11.4. The summed E-state index contributed by atoms with van der Waals surface area (Å²) in [5.41, 5.74) is 0.910. The molecule has 0 saturated carbocycles. The highest BCUT2D eigenvalue weighted by atomic mass is 35.5. The molecular weight excluding hydrogens is 412 g/mol. The second kappa shape index (κ2) is 8.63. The van der Waals surface area contributed by atoms with Crippen molar-refractivity contribution in [3.63, 3.8) is 0 Å². The largest absolute Gasteiger partial charge is 0.328 e. The van der Waals surface area contributed by atoms with Gasteiger partial charge >= 0.3 is 0 Å². The molecule has 8 heteroatoms. The minimum Gasteiger partial charge on any atom is -0.328 e. The van der Waals surface area contributed by atoms with Gasteiger partial charge in [0.15, 0.2) is 17.5 Å². The highest BCUT2D eigenvalue weighted by Crippen LogP contribution is 2.24. The van der Waals surface area contributed by atoms with Gasteiger partial charge in [0.05, 0.1) is 22.3 Å². The van der Waals surface area contributed by atoms with Crippen molar-refractivity contribution in [2.75, 3.05) is 0 Å². The average molecular weight is 425 g/mol. The quantitative estimate of drug-likeness (QED) is 0.495. The molecule has 3 aromatic rings. The van der Waals surface area contributed by atoms with E-state index in [1.807, 2.05) is 0 Å². The minimum absolute atomic E-state index is 0.0700. The van der Waals surface area contributed by atoms with Crippen molar-refractivity contribution in [3.8, 4) is 0 Å². The van der Waals surface area contributed by atoms with Gasteiger partial charge in [-0.25, -0.2) is 13.2 Å². The lowest BCUT2D eigenvalue weighted by Gasteiger charge is -2.23. The summed E-state index contributed by atoms with van der Waals surface area (Å²) in [5, 5.41) is 0.666. The Hall–Kier alpha value is -2.57. The Balaban J connectivity index is 1.95. The van der Waals surface area contributed by atoms with E-state index in [1.54, 1.807) is 42.6 Å². The number of hydrogen-bond donors (Lipinski definition) is 0. The van der Waals surface area contributed by atoms with Crippen LogP contribution in [0.15, 0.2) is 54.7 Å². The van der Waals surface area contributed by atoms with Gasteiger partial charge in [0.25, 0.3) is 5.91 Å². The fraction of sp³-hybridized carbons (Fsp3) is 0.100. The number of aromatic nitrogens is 1. The standard InChI is InChI=1S/C20H13Cl2F3N2O/c21-15-5-4-12(7-16(15)22)10-27(11-14-3-1-2-6-26-14)20(28)13-8-17(23)19(25)18(24)9-13/h1-9H,10-11H2. The molecular formula is C20H13Cl2F3N2O. The van der Waals surface area contributed by atoms with E-state index in [-0.39, 0.29) is 18.7 Å². The van der Waals surface area contributed by atoms with Gasteiger partial charge in [-0.1, -0.05) is 35.3 Å². The van der Waals surface area contributed by atoms with Gasteiger partial charge in [0.1, 0.15) is 0 Å². The summed E-state index contributed by atoms with van der Waals surface area (Å²) >= 11 is 11.9. The van der Waals surface area contributed by atoms with Gasteiger partial charge in [-0.05, 0) is 42.0 Å². The average Bonchev–Trinajstić information content (AvgIpc) is 2.68. The predicted octanol–water partition coefficient (Wildman–Crippen LogP) is 5.65. The molecule has 28 heavy (non-hydrogen) atoms. The van der Waals surface area contributed by atoms with Crippen molar-refractivity contribution in [2.24, 2.45) is 0 Å². The number of rotatable bonds is 5. The molecule has 0 radical (unpaired) electrons. The molecule has 1 amide bonds. The van der Waals surface area contributed by atoms with Crippen LogP contribution in [0.4, 0.5) is 13.2 Å². The van der Waals surface area contributed by atoms with Crippen molar-refractivity contribution in [1.82, 2.24) is 9.88 Å². The van der Waals surface area contributed by atoms with Crippen molar-refractivity contribution in [1.29, 1.82) is 0 Å². The summed E-state index contributed by atoms with van der Waals surface area (Å²) in [6.45, 7) is 0.146. The number of pyridine rings is 1. The molecule has 0 saturated heterocycles. The molecule has 144 valence electrons. The summed E-state index contributed by atoms with van der Waals surface area (Å²) in [6.07, 6.45) is 1.56. The van der Waals surface area contributed by atoms with Crippen LogP contribution in [-0.4, -0.2) is 15.8 Å². The normalized spacial score (nSPS) is 10.8. The first-order valence-corrected chi connectivity index (χ1v) is 8.88. The van der Waals surface area contributed by atoms with Gasteiger partial charge in [0, 0.05) is 18.3 Å². The molecule has 0 N–H and O–H groups in total. The first-order valence-electron chi connectivity index (χ1n) is 8.13. The van der Waals surface area contributed by atoms with Crippen molar-refractivity contribution >= 4 is 29.1 Å². The van der Waals surface area contributed by atoms with Crippen molar-refractivity contribution < 1.29 is 18.0 Å². The summed E-state index contributed by atoms with van der Waals surface area (Å²) < 4.78 is 40.4. The number of carbonyl (C=O) groups is 1. The number of benzene rings is 2. The van der Waals surface area contributed by atoms with E-state index in [1.165, 1.54) is 4.90 Å². The maximum atomic E-state index is 13.6. The molecule has 2 aromatic carbocycles. The molecule has 0 unspecified atom stereocenters. The molecule has 0 aliphatic rings. The van der Waals surface area contributed by atoms with Crippen LogP contribution in [0.5, 0.6) is 0 Å². The smallest absolute Gasteiger partial charge is 0.254 e. The van der Waals surface area contributed by atoms with Gasteiger partial charge in [-0.3, -0.25) is 9.78 Å². The Bertz CT molecular complexity index is 993. The minimum atomic E-state index is -1.63. The number of amides is 1. The van der Waals surface area contributed by atoms with Crippen LogP contribution < -0.4 is 0 Å². The van der Waals surface area contributed by atoms with Gasteiger partial charge in [0.2, 0.25) is 0 Å². The van der Waals surface area contributed by atoms with E-state index in [2.05, 4.69) is 4.98 Å². The topological polar surface area (TPSA) is 33.2 Å². The molecule has 0 atom stereocenters. The van der Waals surface area contributed by atoms with Crippen LogP contribution in [0, 0.1) is 17.5 Å². The van der Waals surface area contributed by atoms with Crippen LogP contribution in [0.25, 0.3) is 0 Å². The lowest BCUT2D eigenvalue weighted by atomic mass is 10.1. The SMILES string of the molecule is O=C(c1cc(F)c(F)c(F)c1)N(Cc1ccc(Cl)c(Cl)c1)Cc1ccccn1. The van der Waals surface area contributed by atoms with Gasteiger partial charge in [-0.15, -0.1) is 0 Å². The van der Waals surface area contributed by atoms with Gasteiger partial charge in [-0.2, -0.15) is 0 Å². The number of nitrogens with zero attached hydrogens (tertiary/aromatic N) is 2. The summed E-state index contributed by atoms with van der Waals surface area (Å²) in [5.74, 6) is -5.18. The zero-order valence-electron chi connectivity index (χ0n) is 14.3. The lowest BCUT2D eigenvalue weighted by molar-refractivity contribution is 0.0726. The summed E-state index contributed by atoms with van der Waals surface area (Å²) in [7, 11) is 0. The van der Waals surface area contributed by atoms with Gasteiger partial charge < -0.3 is 4.90 Å². The first kappa shape index (κ1) is 20.2. The Labute approximate surface area is 169 Å². The van der Waals surface area contributed by atoms with Crippen LogP contribution in [0.3, 0.4) is 0 Å². The molecule has 3 rings (SSSR count). The van der Waals surface area contributed by atoms with E-state index >= 15 is 0 Å². The number of carbonyl (C=O) groups excluding carboxylic acids is 1. The number of hydrogen-bond acceptors (Lipinski definition) is 2. The van der Waals surface area contributed by atoms with Crippen molar-refractivity contribution in [2.45, 2.75) is 13.1 Å². The third kappa shape index (κ3) is 4.64. The van der Waals surface area contributed by atoms with Crippen molar-refractivity contribution in [3.05, 3.63) is 99.0 Å². The fourth-order valence-electron chi connectivity index (χ4n) is 2.61. The molecule has 0 spiro atoms. The monoisotopic (exact) mass is 424 g/mol. The lowest BCUT2D eigenvalue weighted by Crippen LogP contribution is -2.30. The van der Waals surface area contributed by atoms with Crippen LogP contribution in [-0.2, 0) is 13.1 Å². The molecule has 0 fully saturated rings. The third-order valence-corrected chi connectivity index (χ3v) is 4.69. The first-order chi connectivity index (χ1) is 13.3. The molecule has 1 aromatic heterocycles. The maximum Gasteiger partial charge on any atom is 0.254 e. The van der Waals surface area contributed by atoms with E-state index in [4.69, 9.17) is 23.2 Å². The zero-order valence-corrected chi connectivity index (χ0v) is 15.8. The maximum absolute atomic E-state index is 13.6. The second-order valence-corrected chi connectivity index (χ2v) is 6.80. The Morgan fingerprint density at radius 3 is 2.25 bits per heavy atom. The molecule has 0 aliphatic heterocycles. The predicted molar refractivity (Wildman–Crippen MR) is 101 cm³/mol. The van der Waals surface area contributed by atoms with E-state index in [0.717, 1.165) is 0 Å². The van der Waals surface area contributed by atoms with E-state index < -0.39 is 23.4 Å². The molecule has 1 heterocycles. The molecule has 0 bridgehead atoms. The van der Waals surface area contributed by atoms with Crippen LogP contribution in [0.1, 0.15) is 21.6 Å². The number of halogens is 5. The highest BCUT2D eigenvalue weighted by Gasteiger charge is 2.21. The van der Waals surface area contributed by atoms with E-state index in [0.29, 0.717) is 33.4 Å². The molecule has 0 aliphatic carbocycles. The Morgan fingerprint density at radius 1 is 0.929 bits per heavy atom. The Morgan fingerprint density at radius 2 is 1.64 bits per heavy atom. The fourth-order valence-corrected chi connectivity index (χ4v) is 2.93.